The molecule has 0 fully saturated rings. The van der Waals surface area contributed by atoms with Gasteiger partial charge in [0.2, 0.25) is 5.91 Å². The molecule has 4 nitrogen and oxygen atoms in total. The first-order chi connectivity index (χ1) is 6.58. The van der Waals surface area contributed by atoms with Gasteiger partial charge in [-0.15, -0.1) is 0 Å². The van der Waals surface area contributed by atoms with Crippen molar-refractivity contribution in [3.8, 4) is 6.07 Å². The summed E-state index contributed by atoms with van der Waals surface area (Å²) in [7, 11) is 0. The number of carbonyl (C=O) groups excluding carboxylic acids is 1. The molecule has 1 N–H and O–H groups in total. The number of nitrogens with one attached hydrogen (secondary N) is 1. The summed E-state index contributed by atoms with van der Waals surface area (Å²) in [5.74, 6) is -0.135. The molecule has 0 aliphatic carbocycles. The van der Waals surface area contributed by atoms with Crippen molar-refractivity contribution in [1.29, 1.82) is 5.26 Å². The fraction of sp³-hybridized carbons (Fsp3) is 0.800. The third kappa shape index (κ3) is 4.83. The van der Waals surface area contributed by atoms with Crippen LogP contribution in [-0.2, 0) is 9.53 Å². The highest BCUT2D eigenvalue weighted by Gasteiger charge is 2.22. The monoisotopic (exact) mass is 198 g/mol. The van der Waals surface area contributed by atoms with Crippen LogP contribution in [0, 0.1) is 11.3 Å². The van der Waals surface area contributed by atoms with Crippen LogP contribution in [0.4, 0.5) is 0 Å². The Labute approximate surface area is 85.2 Å². The number of nitrogens with zero attached hydrogens (tertiary/aromatic N) is 1. The Bertz CT molecular complexity index is 223. The van der Waals surface area contributed by atoms with Gasteiger partial charge in [0.05, 0.1) is 19.1 Å². The van der Waals surface area contributed by atoms with Crippen molar-refractivity contribution in [2.45, 2.75) is 39.2 Å². The third-order valence-corrected chi connectivity index (χ3v) is 2.05. The van der Waals surface area contributed by atoms with Crippen molar-refractivity contribution in [3.05, 3.63) is 0 Å². The van der Waals surface area contributed by atoms with Gasteiger partial charge in [-0.25, -0.2) is 0 Å². The van der Waals surface area contributed by atoms with E-state index in [9.17, 15) is 4.79 Å². The largest absolute Gasteiger partial charge is 0.381 e. The maximum atomic E-state index is 11.3. The first-order valence-corrected chi connectivity index (χ1v) is 4.88. The second kappa shape index (κ2) is 6.39. The number of ether oxygens (including phenoxy) is 1. The fourth-order valence-corrected chi connectivity index (χ4v) is 0.875. The highest BCUT2D eigenvalue weighted by molar-refractivity contribution is 5.77. The summed E-state index contributed by atoms with van der Waals surface area (Å²) in [5.41, 5.74) is -0.747. The van der Waals surface area contributed by atoms with E-state index < -0.39 is 5.54 Å². The molecule has 1 amide bonds. The number of amides is 1. The Hall–Kier alpha value is -1.08. The summed E-state index contributed by atoms with van der Waals surface area (Å²) in [4.78, 5) is 11.3. The summed E-state index contributed by atoms with van der Waals surface area (Å²) in [6.07, 6.45) is 0.912. The molecule has 1 unspecified atom stereocenters. The standard InChI is InChI=1S/C10H18N2O2/c1-4-10(3,8-11)12-9(13)6-7-14-5-2/h4-7H2,1-3H3,(H,12,13). The van der Waals surface area contributed by atoms with Gasteiger partial charge in [-0.2, -0.15) is 5.26 Å². The average molecular weight is 198 g/mol. The fourth-order valence-electron chi connectivity index (χ4n) is 0.875. The summed E-state index contributed by atoms with van der Waals surface area (Å²) in [6, 6.07) is 2.08. The van der Waals surface area contributed by atoms with Crippen molar-refractivity contribution >= 4 is 5.91 Å². The summed E-state index contributed by atoms with van der Waals surface area (Å²) < 4.78 is 5.04. The molecule has 80 valence electrons. The lowest BCUT2D eigenvalue weighted by Crippen LogP contribution is -2.44. The van der Waals surface area contributed by atoms with Crippen LogP contribution < -0.4 is 5.32 Å². The van der Waals surface area contributed by atoms with Gasteiger partial charge in [0.15, 0.2) is 0 Å². The molecular formula is C10H18N2O2. The van der Waals surface area contributed by atoms with E-state index in [0.29, 0.717) is 26.1 Å². The number of hydrogen-bond donors (Lipinski definition) is 1. The van der Waals surface area contributed by atoms with E-state index >= 15 is 0 Å². The lowest BCUT2D eigenvalue weighted by Gasteiger charge is -2.21. The number of rotatable bonds is 6. The van der Waals surface area contributed by atoms with E-state index in [-0.39, 0.29) is 5.91 Å². The van der Waals surface area contributed by atoms with Crippen LogP contribution in [0.5, 0.6) is 0 Å². The minimum Gasteiger partial charge on any atom is -0.381 e. The first-order valence-electron chi connectivity index (χ1n) is 4.88. The lowest BCUT2D eigenvalue weighted by molar-refractivity contribution is -0.123. The van der Waals surface area contributed by atoms with Crippen LogP contribution in [0.3, 0.4) is 0 Å². The van der Waals surface area contributed by atoms with Crippen LogP contribution in [0.1, 0.15) is 33.6 Å². The molecule has 4 heteroatoms. The Balaban J connectivity index is 3.87. The van der Waals surface area contributed by atoms with Crippen molar-refractivity contribution in [3.63, 3.8) is 0 Å². The molecule has 0 bridgehead atoms. The normalized spacial score (nSPS) is 14.1. The van der Waals surface area contributed by atoms with E-state index in [0.717, 1.165) is 0 Å². The van der Waals surface area contributed by atoms with Gasteiger partial charge < -0.3 is 10.1 Å². The smallest absolute Gasteiger partial charge is 0.223 e. The molecule has 0 saturated carbocycles. The van der Waals surface area contributed by atoms with Crippen LogP contribution in [-0.4, -0.2) is 24.7 Å². The van der Waals surface area contributed by atoms with E-state index in [1.807, 2.05) is 13.8 Å². The van der Waals surface area contributed by atoms with E-state index in [1.54, 1.807) is 6.92 Å². The van der Waals surface area contributed by atoms with Gasteiger partial charge in [-0.1, -0.05) is 6.92 Å². The molecule has 0 heterocycles. The molecule has 0 aliphatic rings. The molecule has 0 aromatic carbocycles. The van der Waals surface area contributed by atoms with Gasteiger partial charge in [-0.05, 0) is 20.3 Å². The SMILES string of the molecule is CCOCCC(=O)NC(C)(C#N)CC. The topological polar surface area (TPSA) is 62.1 Å². The zero-order chi connectivity index (χ0) is 11.0. The van der Waals surface area contributed by atoms with Gasteiger partial charge in [-0.3, -0.25) is 4.79 Å². The molecule has 1 atom stereocenters. The molecule has 0 saturated heterocycles. The van der Waals surface area contributed by atoms with Gasteiger partial charge >= 0.3 is 0 Å². The minimum absolute atomic E-state index is 0.135. The maximum absolute atomic E-state index is 11.3. The summed E-state index contributed by atoms with van der Waals surface area (Å²) in [5, 5.41) is 11.5. The lowest BCUT2D eigenvalue weighted by atomic mass is 10.0. The molecule has 0 aromatic heterocycles. The average Bonchev–Trinajstić information content (AvgIpc) is 2.18. The molecule has 0 rings (SSSR count). The van der Waals surface area contributed by atoms with Gasteiger partial charge in [0, 0.05) is 6.61 Å². The number of carbonyl (C=O) groups is 1. The zero-order valence-electron chi connectivity index (χ0n) is 9.09. The third-order valence-electron chi connectivity index (χ3n) is 2.05. The summed E-state index contributed by atoms with van der Waals surface area (Å²) >= 11 is 0. The van der Waals surface area contributed by atoms with Gasteiger partial charge in [0.25, 0.3) is 0 Å². The van der Waals surface area contributed by atoms with Crippen molar-refractivity contribution in [2.75, 3.05) is 13.2 Å². The van der Waals surface area contributed by atoms with Crippen LogP contribution in [0.25, 0.3) is 0 Å². The number of hydrogen-bond acceptors (Lipinski definition) is 3. The quantitative estimate of drug-likeness (QED) is 0.653. The Morgan fingerprint density at radius 1 is 1.57 bits per heavy atom. The Morgan fingerprint density at radius 3 is 2.64 bits per heavy atom. The van der Waals surface area contributed by atoms with Crippen molar-refractivity contribution in [1.82, 2.24) is 5.32 Å². The molecule has 0 spiro atoms. The highest BCUT2D eigenvalue weighted by atomic mass is 16.5. The first kappa shape index (κ1) is 12.9. The van der Waals surface area contributed by atoms with E-state index in [2.05, 4.69) is 11.4 Å². The molecule has 0 radical (unpaired) electrons. The maximum Gasteiger partial charge on any atom is 0.223 e. The van der Waals surface area contributed by atoms with Crippen molar-refractivity contribution < 1.29 is 9.53 Å². The summed E-state index contributed by atoms with van der Waals surface area (Å²) in [6.45, 7) is 6.48. The second-order valence-corrected chi connectivity index (χ2v) is 3.29. The molecule has 0 aliphatic heterocycles. The zero-order valence-corrected chi connectivity index (χ0v) is 9.09. The molecular weight excluding hydrogens is 180 g/mol. The van der Waals surface area contributed by atoms with E-state index in [4.69, 9.17) is 10.00 Å². The highest BCUT2D eigenvalue weighted by Crippen LogP contribution is 2.06. The van der Waals surface area contributed by atoms with Crippen molar-refractivity contribution in [2.24, 2.45) is 0 Å². The minimum atomic E-state index is -0.747. The van der Waals surface area contributed by atoms with Gasteiger partial charge in [0.1, 0.15) is 5.54 Å². The molecule has 14 heavy (non-hydrogen) atoms. The van der Waals surface area contributed by atoms with Crippen LogP contribution in [0.15, 0.2) is 0 Å². The van der Waals surface area contributed by atoms with E-state index in [1.165, 1.54) is 0 Å². The number of nitriles is 1. The predicted octanol–water partition coefficient (Wildman–Crippen LogP) is 1.22. The second-order valence-electron chi connectivity index (χ2n) is 3.29. The predicted molar refractivity (Wildman–Crippen MR) is 53.6 cm³/mol. The Morgan fingerprint density at radius 2 is 2.21 bits per heavy atom. The van der Waals surface area contributed by atoms with Crippen LogP contribution in [0.2, 0.25) is 0 Å². The van der Waals surface area contributed by atoms with Crippen LogP contribution >= 0.6 is 0 Å². The molecule has 0 aromatic rings. The Kier molecular flexibility index (Phi) is 5.89.